The fourth-order valence-electron chi connectivity index (χ4n) is 1.36. The van der Waals surface area contributed by atoms with Gasteiger partial charge in [0.2, 0.25) is 6.29 Å². The Morgan fingerprint density at radius 1 is 1.40 bits per heavy atom. The SMILES string of the molecule is O=[C][C@@H]1Cc2ccccc21. The molecule has 0 unspecified atom stereocenters. The van der Waals surface area contributed by atoms with E-state index in [-0.39, 0.29) is 5.92 Å². The molecule has 10 heavy (non-hydrogen) atoms. The number of carbonyl (C=O) groups excluding carboxylic acids is 1. The molecular formula is C9H7O. The second-order valence-corrected chi connectivity index (χ2v) is 2.57. The molecule has 0 aliphatic heterocycles. The quantitative estimate of drug-likeness (QED) is 0.563. The first kappa shape index (κ1) is 5.66. The summed E-state index contributed by atoms with van der Waals surface area (Å²) in [5.74, 6) is 0.0659. The van der Waals surface area contributed by atoms with Crippen molar-refractivity contribution in [3.63, 3.8) is 0 Å². The van der Waals surface area contributed by atoms with Crippen molar-refractivity contribution in [3.8, 4) is 0 Å². The molecule has 2 rings (SSSR count). The normalized spacial score (nSPS) is 21.0. The van der Waals surface area contributed by atoms with E-state index in [0.717, 1.165) is 12.0 Å². The summed E-state index contributed by atoms with van der Waals surface area (Å²) in [7, 11) is 0. The summed E-state index contributed by atoms with van der Waals surface area (Å²) < 4.78 is 0. The largest absolute Gasteiger partial charge is 0.290 e. The van der Waals surface area contributed by atoms with E-state index in [1.165, 1.54) is 5.56 Å². The van der Waals surface area contributed by atoms with Crippen molar-refractivity contribution >= 4 is 6.29 Å². The second-order valence-electron chi connectivity index (χ2n) is 2.57. The summed E-state index contributed by atoms with van der Waals surface area (Å²) in [6, 6.07) is 8.01. The maximum Gasteiger partial charge on any atom is 0.206 e. The van der Waals surface area contributed by atoms with E-state index in [0.29, 0.717) is 0 Å². The Kier molecular flexibility index (Phi) is 1.10. The van der Waals surface area contributed by atoms with Crippen LogP contribution in [0.15, 0.2) is 24.3 Å². The summed E-state index contributed by atoms with van der Waals surface area (Å²) in [6.45, 7) is 0. The van der Waals surface area contributed by atoms with Gasteiger partial charge in [0, 0.05) is 0 Å². The third-order valence-electron chi connectivity index (χ3n) is 2.00. The van der Waals surface area contributed by atoms with Crippen molar-refractivity contribution in [2.24, 2.45) is 0 Å². The van der Waals surface area contributed by atoms with Crippen molar-refractivity contribution in [3.05, 3.63) is 35.4 Å². The summed E-state index contributed by atoms with van der Waals surface area (Å²) in [5, 5.41) is 0. The lowest BCUT2D eigenvalue weighted by molar-refractivity contribution is 0.534. The molecule has 0 aromatic heterocycles. The Balaban J connectivity index is 2.42. The highest BCUT2D eigenvalue weighted by Gasteiger charge is 2.24. The molecule has 1 atom stereocenters. The zero-order valence-corrected chi connectivity index (χ0v) is 5.50. The minimum atomic E-state index is 0.0659. The lowest BCUT2D eigenvalue weighted by Crippen LogP contribution is -2.17. The lowest BCUT2D eigenvalue weighted by atomic mass is 9.79. The van der Waals surface area contributed by atoms with Crippen LogP contribution in [-0.4, -0.2) is 6.29 Å². The number of hydrogen-bond donors (Lipinski definition) is 0. The molecule has 0 fully saturated rings. The van der Waals surface area contributed by atoms with Gasteiger partial charge in [-0.3, -0.25) is 4.79 Å². The van der Waals surface area contributed by atoms with E-state index in [2.05, 4.69) is 6.07 Å². The van der Waals surface area contributed by atoms with Crippen LogP contribution in [0, 0.1) is 0 Å². The van der Waals surface area contributed by atoms with Crippen molar-refractivity contribution in [1.82, 2.24) is 0 Å². The molecular weight excluding hydrogens is 124 g/mol. The average molecular weight is 131 g/mol. The monoisotopic (exact) mass is 131 g/mol. The molecule has 0 saturated heterocycles. The number of fused-ring (bicyclic) bond motifs is 1. The van der Waals surface area contributed by atoms with E-state index in [1.807, 2.05) is 24.5 Å². The van der Waals surface area contributed by atoms with Gasteiger partial charge in [-0.1, -0.05) is 24.3 Å². The minimum absolute atomic E-state index is 0.0659. The van der Waals surface area contributed by atoms with Gasteiger partial charge in [0.05, 0.1) is 5.92 Å². The van der Waals surface area contributed by atoms with Crippen LogP contribution in [0.2, 0.25) is 0 Å². The fourth-order valence-corrected chi connectivity index (χ4v) is 1.36. The Morgan fingerprint density at radius 3 is 2.90 bits per heavy atom. The minimum Gasteiger partial charge on any atom is -0.290 e. The number of benzene rings is 1. The van der Waals surface area contributed by atoms with Crippen LogP contribution < -0.4 is 0 Å². The van der Waals surface area contributed by atoms with Gasteiger partial charge in [0.15, 0.2) is 0 Å². The standard InChI is InChI=1S/C9H7O/c10-6-8-5-7-3-1-2-4-9(7)8/h1-4,8H,5H2/t8-/m0/s1. The Hall–Kier alpha value is -1.11. The molecule has 1 nitrogen and oxygen atoms in total. The van der Waals surface area contributed by atoms with Crippen LogP contribution >= 0.6 is 0 Å². The first-order valence-corrected chi connectivity index (χ1v) is 3.37. The van der Waals surface area contributed by atoms with Gasteiger partial charge in [-0.15, -0.1) is 0 Å². The molecule has 0 spiro atoms. The van der Waals surface area contributed by atoms with Gasteiger partial charge in [-0.05, 0) is 17.5 Å². The lowest BCUT2D eigenvalue weighted by Gasteiger charge is -2.23. The van der Waals surface area contributed by atoms with Crippen LogP contribution in [0.1, 0.15) is 17.0 Å². The highest BCUT2D eigenvalue weighted by Crippen LogP contribution is 2.32. The molecule has 1 aliphatic carbocycles. The Morgan fingerprint density at radius 2 is 2.20 bits per heavy atom. The molecule has 1 aromatic carbocycles. The molecule has 0 bridgehead atoms. The van der Waals surface area contributed by atoms with E-state index in [4.69, 9.17) is 0 Å². The van der Waals surface area contributed by atoms with Crippen LogP contribution in [0.5, 0.6) is 0 Å². The van der Waals surface area contributed by atoms with Crippen molar-refractivity contribution < 1.29 is 4.79 Å². The first-order chi connectivity index (χ1) is 4.92. The number of hydrogen-bond acceptors (Lipinski definition) is 1. The maximum absolute atomic E-state index is 10.2. The smallest absolute Gasteiger partial charge is 0.206 e. The van der Waals surface area contributed by atoms with Crippen LogP contribution in [-0.2, 0) is 11.2 Å². The van der Waals surface area contributed by atoms with Crippen LogP contribution in [0.25, 0.3) is 0 Å². The first-order valence-electron chi connectivity index (χ1n) is 3.37. The summed E-state index contributed by atoms with van der Waals surface area (Å²) >= 11 is 0. The molecule has 0 heterocycles. The predicted molar refractivity (Wildman–Crippen MR) is 38.6 cm³/mol. The maximum atomic E-state index is 10.2. The second kappa shape index (κ2) is 1.94. The predicted octanol–water partition coefficient (Wildman–Crippen LogP) is 1.44. The Bertz CT molecular complexity index is 265. The topological polar surface area (TPSA) is 17.1 Å². The summed E-state index contributed by atoms with van der Waals surface area (Å²) in [6.07, 6.45) is 2.90. The molecule has 49 valence electrons. The average Bonchev–Trinajstić information content (AvgIpc) is 1.92. The van der Waals surface area contributed by atoms with Crippen molar-refractivity contribution in [2.45, 2.75) is 12.3 Å². The molecule has 1 radical (unpaired) electrons. The highest BCUT2D eigenvalue weighted by atomic mass is 16.1. The third kappa shape index (κ3) is 0.604. The van der Waals surface area contributed by atoms with Crippen LogP contribution in [0.3, 0.4) is 0 Å². The van der Waals surface area contributed by atoms with Gasteiger partial charge >= 0.3 is 0 Å². The molecule has 0 saturated carbocycles. The van der Waals surface area contributed by atoms with Gasteiger partial charge in [-0.25, -0.2) is 0 Å². The summed E-state index contributed by atoms with van der Waals surface area (Å²) in [5.41, 5.74) is 2.47. The van der Waals surface area contributed by atoms with Gasteiger partial charge in [0.25, 0.3) is 0 Å². The molecule has 1 aromatic rings. The summed E-state index contributed by atoms with van der Waals surface area (Å²) in [4.78, 5) is 10.2. The van der Waals surface area contributed by atoms with E-state index in [9.17, 15) is 4.79 Å². The van der Waals surface area contributed by atoms with E-state index >= 15 is 0 Å². The zero-order chi connectivity index (χ0) is 6.97. The molecule has 0 amide bonds. The van der Waals surface area contributed by atoms with Crippen molar-refractivity contribution in [1.29, 1.82) is 0 Å². The van der Waals surface area contributed by atoms with E-state index < -0.39 is 0 Å². The number of rotatable bonds is 1. The molecule has 0 N–H and O–H groups in total. The zero-order valence-electron chi connectivity index (χ0n) is 5.50. The van der Waals surface area contributed by atoms with E-state index in [1.54, 1.807) is 0 Å². The highest BCUT2D eigenvalue weighted by molar-refractivity contribution is 5.69. The van der Waals surface area contributed by atoms with Gasteiger partial charge in [-0.2, -0.15) is 0 Å². The Labute approximate surface area is 59.7 Å². The van der Waals surface area contributed by atoms with Crippen LogP contribution in [0.4, 0.5) is 0 Å². The molecule has 1 heteroatoms. The van der Waals surface area contributed by atoms with Gasteiger partial charge in [0.1, 0.15) is 0 Å². The molecule has 1 aliphatic rings. The fraction of sp³-hybridized carbons (Fsp3) is 0.222. The third-order valence-corrected chi connectivity index (χ3v) is 2.00. The van der Waals surface area contributed by atoms with Gasteiger partial charge < -0.3 is 0 Å². The van der Waals surface area contributed by atoms with Crippen molar-refractivity contribution in [2.75, 3.05) is 0 Å².